The van der Waals surface area contributed by atoms with Crippen molar-refractivity contribution in [1.82, 2.24) is 0 Å². The van der Waals surface area contributed by atoms with Crippen LogP contribution in [0.3, 0.4) is 0 Å². The van der Waals surface area contributed by atoms with Gasteiger partial charge in [-0.2, -0.15) is 8.42 Å². The Balaban J connectivity index is -0.000000451. The molecule has 0 fully saturated rings. The van der Waals surface area contributed by atoms with E-state index in [1.165, 1.54) is 16.7 Å². The molecule has 0 heterocycles. The molecular weight excluding hydrogens is 557 g/mol. The molecule has 0 aromatic heterocycles. The summed E-state index contributed by atoms with van der Waals surface area (Å²) in [5.74, 6) is 0. The summed E-state index contributed by atoms with van der Waals surface area (Å²) in [4.78, 5) is 0. The van der Waals surface area contributed by atoms with Crippen molar-refractivity contribution in [2.24, 2.45) is 0 Å². The van der Waals surface area contributed by atoms with Crippen LogP contribution in [0, 0.1) is 65.9 Å². The second-order valence-electron chi connectivity index (χ2n) is 6.51. The Morgan fingerprint density at radius 1 is 0.688 bits per heavy atom. The van der Waals surface area contributed by atoms with Crippen LogP contribution in [0.2, 0.25) is 0 Å². The van der Waals surface area contributed by atoms with E-state index in [0.29, 0.717) is 0 Å². The van der Waals surface area contributed by atoms with Crippen molar-refractivity contribution in [3.8, 4) is 0 Å². The maximum absolute atomic E-state index is 8.29. The summed E-state index contributed by atoms with van der Waals surface area (Å²) in [5.41, 5.74) is 22.0. The molecule has 32 heavy (non-hydrogen) atoms. The van der Waals surface area contributed by atoms with E-state index >= 15 is 0 Å². The Morgan fingerprint density at radius 2 is 0.906 bits per heavy atom. The van der Waals surface area contributed by atoms with Gasteiger partial charge in [0, 0.05) is 37.7 Å². The molecule has 1 unspecified atom stereocenters. The summed E-state index contributed by atoms with van der Waals surface area (Å²) >= 11 is 1.07. The fraction of sp³-hybridized carbons (Fsp3) is 0.208. The molecule has 0 spiro atoms. The Hall–Kier alpha value is -0.427. The van der Waals surface area contributed by atoms with Crippen molar-refractivity contribution in [3.63, 3.8) is 0 Å². The molecule has 0 aliphatic carbocycles. The van der Waals surface area contributed by atoms with Gasteiger partial charge in [0.15, 0.2) is 0 Å². The molecule has 8 heteroatoms. The van der Waals surface area contributed by atoms with Crippen LogP contribution >= 0.6 is 9.69 Å². The van der Waals surface area contributed by atoms with Gasteiger partial charge in [-0.3, -0.25) is 0 Å². The molecule has 0 bridgehead atoms. The van der Waals surface area contributed by atoms with E-state index in [1.807, 2.05) is 78.0 Å². The third kappa shape index (κ3) is 15.4. The van der Waals surface area contributed by atoms with Crippen molar-refractivity contribution in [2.75, 3.05) is 0 Å². The first kappa shape index (κ1) is 36.1. The number of halogens is 1. The Bertz CT molecular complexity index is 790. The molecule has 176 valence electrons. The van der Waals surface area contributed by atoms with Gasteiger partial charge in [-0.05, 0) is 20.8 Å². The third-order valence-electron chi connectivity index (χ3n) is 4.02. The van der Waals surface area contributed by atoms with E-state index in [1.54, 1.807) is 0 Å². The largest absolute Gasteiger partial charge is 0.672 e. The molecule has 0 saturated carbocycles. The standard InChI is InChI=1S/C14H14N2.C9H12.CH3.Ar.ClH.O2S.Ru/c15-13(11-7-3-1-4-8-11)14(16)12-9-5-2-6-10-12;1-7-4-8(2)6-9(3)5-7;;;;1-3-2;/h1-10,13-16H;4-6H,1-3H3;1H3;;1H;;/q-2;;-1;;;;+4/p-1/t13-,14?;;;;;;/m1....../s1. The summed E-state index contributed by atoms with van der Waals surface area (Å²) < 4.78 is 16.6. The number of hydrogen-bond donors (Lipinski definition) is 0. The van der Waals surface area contributed by atoms with Crippen LogP contribution in [-0.2, 0) is 28.9 Å². The van der Waals surface area contributed by atoms with Crippen LogP contribution in [0.5, 0.6) is 0 Å². The SMILES string of the molecule is Cc1cc(C)cc(C)c1.O=S=O.[Ar].[CH3-].[Cl][Ru+3].[NH-]C(c1ccccc1)[C@H]([NH-])c1ccccc1. The van der Waals surface area contributed by atoms with Crippen LogP contribution in [0.1, 0.15) is 39.9 Å². The zero-order valence-corrected chi connectivity index (χ0v) is 22.5. The topological polar surface area (TPSA) is 81.7 Å². The van der Waals surface area contributed by atoms with Gasteiger partial charge in [-0.25, -0.2) is 0 Å². The maximum Gasteiger partial charge on any atom is -0.0606 e. The van der Waals surface area contributed by atoms with Crippen LogP contribution in [0.4, 0.5) is 0 Å². The molecule has 2 N–H and O–H groups in total. The van der Waals surface area contributed by atoms with Crippen molar-refractivity contribution < 1.29 is 63.5 Å². The quantitative estimate of drug-likeness (QED) is 0.234. The smallest absolute Gasteiger partial charge is 0.0606 e. The van der Waals surface area contributed by atoms with Gasteiger partial charge >= 0.3 is 38.6 Å². The molecule has 0 radical (unpaired) electrons. The summed E-state index contributed by atoms with van der Waals surface area (Å²) in [7, 11) is 4.57. The zero-order chi connectivity index (χ0) is 22.9. The van der Waals surface area contributed by atoms with Gasteiger partial charge < -0.3 is 18.9 Å². The maximum atomic E-state index is 8.29. The van der Waals surface area contributed by atoms with E-state index in [9.17, 15) is 0 Å². The summed E-state index contributed by atoms with van der Waals surface area (Å²) in [6.45, 7) is 6.38. The molecule has 3 aromatic carbocycles. The molecule has 0 amide bonds. The molecule has 3 rings (SSSR count). The molecule has 3 aromatic rings. The minimum atomic E-state index is -0.750. The fourth-order valence-electron chi connectivity index (χ4n) is 2.91. The zero-order valence-electron chi connectivity index (χ0n) is 18.5. The van der Waals surface area contributed by atoms with Gasteiger partial charge in [-0.15, -0.1) is 12.1 Å². The predicted molar refractivity (Wildman–Crippen MR) is 129 cm³/mol. The first-order valence-corrected chi connectivity index (χ1v) is 11.9. The molecule has 4 nitrogen and oxygen atoms in total. The first-order valence-electron chi connectivity index (χ1n) is 9.01. The molecule has 0 saturated heterocycles. The second-order valence-corrected chi connectivity index (χ2v) is 6.65. The van der Waals surface area contributed by atoms with Crippen molar-refractivity contribution in [3.05, 3.63) is 126 Å². The minimum Gasteiger partial charge on any atom is -0.672 e. The first-order chi connectivity index (χ1) is 14.4. The Kier molecular flexibility index (Phi) is 25.3. The van der Waals surface area contributed by atoms with Crippen molar-refractivity contribution >= 4 is 21.3 Å². The third-order valence-corrected chi connectivity index (χ3v) is 4.02. The number of nitrogens with one attached hydrogen (secondary N) is 2. The number of rotatable bonds is 3. The average Bonchev–Trinajstić information content (AvgIpc) is 2.75. The molecule has 0 aliphatic heterocycles. The van der Waals surface area contributed by atoms with Gasteiger partial charge in [0.2, 0.25) is 0 Å². The monoisotopic (exact) mass is 586 g/mol. The summed E-state index contributed by atoms with van der Waals surface area (Å²) in [5, 5.41) is 0. The van der Waals surface area contributed by atoms with Crippen LogP contribution in [-0.4, -0.2) is 8.42 Å². The van der Waals surface area contributed by atoms with Gasteiger partial charge in [0.1, 0.15) is 0 Å². The van der Waals surface area contributed by atoms with E-state index in [4.69, 9.17) is 19.9 Å². The van der Waals surface area contributed by atoms with E-state index in [2.05, 4.69) is 48.7 Å². The summed E-state index contributed by atoms with van der Waals surface area (Å²) in [6.07, 6.45) is 0. The van der Waals surface area contributed by atoms with E-state index in [-0.39, 0.29) is 45.2 Å². The van der Waals surface area contributed by atoms with Gasteiger partial charge in [0.05, 0.1) is 0 Å². The molecular formula is C24H29ArClN2O2RuS. The normalized spacial score (nSPS) is 10.4. The molecule has 0 aliphatic rings. The average molecular weight is 586 g/mol. The number of benzene rings is 3. The van der Waals surface area contributed by atoms with Crippen LogP contribution in [0.25, 0.3) is 11.5 Å². The van der Waals surface area contributed by atoms with Gasteiger partial charge in [0.25, 0.3) is 0 Å². The fourth-order valence-corrected chi connectivity index (χ4v) is 2.91. The van der Waals surface area contributed by atoms with Gasteiger partial charge in [-0.1, -0.05) is 107 Å². The molecule has 2 atom stereocenters. The Labute approximate surface area is 240 Å². The Morgan fingerprint density at radius 3 is 1.12 bits per heavy atom. The number of aryl methyl sites for hydroxylation is 3. The van der Waals surface area contributed by atoms with E-state index < -0.39 is 23.7 Å². The minimum absolute atomic E-state index is 0. The van der Waals surface area contributed by atoms with E-state index in [0.717, 1.165) is 11.1 Å². The second kappa shape index (κ2) is 22.4. The predicted octanol–water partition coefficient (Wildman–Crippen LogP) is 7.65. The van der Waals surface area contributed by atoms with Crippen molar-refractivity contribution in [2.45, 2.75) is 32.9 Å². The van der Waals surface area contributed by atoms with Crippen LogP contribution in [0.15, 0.2) is 78.9 Å². The number of hydrogen-bond acceptors (Lipinski definition) is 2. The summed E-state index contributed by atoms with van der Waals surface area (Å²) in [6, 6.07) is 24.6. The van der Waals surface area contributed by atoms with Crippen LogP contribution < -0.4 is 0 Å². The van der Waals surface area contributed by atoms with Crippen molar-refractivity contribution in [1.29, 1.82) is 0 Å².